The quantitative estimate of drug-likeness (QED) is 0.256. The van der Waals surface area contributed by atoms with E-state index >= 15 is 0 Å². The van der Waals surface area contributed by atoms with Gasteiger partial charge in [0.25, 0.3) is 5.91 Å². The van der Waals surface area contributed by atoms with Gasteiger partial charge in [-0.05, 0) is 55.7 Å². The van der Waals surface area contributed by atoms with Gasteiger partial charge in [-0.3, -0.25) is 9.59 Å². The Balaban J connectivity index is 1.08. The molecule has 4 heterocycles. The van der Waals surface area contributed by atoms with Crippen LogP contribution in [0.5, 0.6) is 11.5 Å². The Labute approximate surface area is 245 Å². The molecule has 2 aliphatic heterocycles. The topological polar surface area (TPSA) is 107 Å². The molecule has 3 aromatic carbocycles. The van der Waals surface area contributed by atoms with Crippen LogP contribution in [-0.2, 0) is 17.6 Å². The fourth-order valence-corrected chi connectivity index (χ4v) is 6.28. The molecule has 1 N–H and O–H groups in total. The van der Waals surface area contributed by atoms with Crippen LogP contribution in [0.1, 0.15) is 32.1 Å². The van der Waals surface area contributed by atoms with Crippen LogP contribution in [0.25, 0.3) is 22.5 Å². The van der Waals surface area contributed by atoms with E-state index < -0.39 is 0 Å². The van der Waals surface area contributed by atoms with Crippen molar-refractivity contribution >= 4 is 34.0 Å². The molecule has 210 valence electrons. The van der Waals surface area contributed by atoms with Crippen molar-refractivity contribution in [3.8, 4) is 34.0 Å². The van der Waals surface area contributed by atoms with E-state index in [2.05, 4.69) is 16.5 Å². The molecule has 9 nitrogen and oxygen atoms in total. The van der Waals surface area contributed by atoms with Crippen LogP contribution in [0.2, 0.25) is 0 Å². The third-order valence-electron chi connectivity index (χ3n) is 7.46. The fraction of sp³-hybridized carbons (Fsp3) is 0.188. The van der Waals surface area contributed by atoms with Crippen LogP contribution in [0.3, 0.4) is 0 Å². The zero-order valence-corrected chi connectivity index (χ0v) is 23.8. The van der Waals surface area contributed by atoms with E-state index in [-0.39, 0.29) is 25.0 Å². The average molecular weight is 579 g/mol. The molecule has 42 heavy (non-hydrogen) atoms. The summed E-state index contributed by atoms with van der Waals surface area (Å²) in [6, 6.07) is 21.1. The molecule has 0 saturated heterocycles. The first-order chi connectivity index (χ1) is 20.4. The summed E-state index contributed by atoms with van der Waals surface area (Å²) < 4.78 is 16.2. The molecule has 2 aliphatic rings. The van der Waals surface area contributed by atoms with Gasteiger partial charge in [0, 0.05) is 28.2 Å². The SMILES string of the molecule is Cc1onc(-c2ccccc2)c1C(=O)N1CCc2cc(-c3nc(NC(=O)Cc4ccc5c(c4)OCO5)sc3C)ccc21. The van der Waals surface area contributed by atoms with E-state index in [0.717, 1.165) is 44.9 Å². The van der Waals surface area contributed by atoms with Gasteiger partial charge in [-0.1, -0.05) is 47.6 Å². The monoisotopic (exact) mass is 578 g/mol. The third kappa shape index (κ3) is 4.69. The van der Waals surface area contributed by atoms with E-state index in [9.17, 15) is 9.59 Å². The summed E-state index contributed by atoms with van der Waals surface area (Å²) in [7, 11) is 0. The average Bonchev–Trinajstić information content (AvgIpc) is 3.78. The number of anilines is 2. The Morgan fingerprint density at radius 3 is 2.64 bits per heavy atom. The maximum atomic E-state index is 13.7. The van der Waals surface area contributed by atoms with Gasteiger partial charge < -0.3 is 24.2 Å². The Morgan fingerprint density at radius 1 is 0.952 bits per heavy atom. The fourth-order valence-electron chi connectivity index (χ4n) is 5.43. The second kappa shape index (κ2) is 10.5. The number of fused-ring (bicyclic) bond motifs is 2. The van der Waals surface area contributed by atoms with Crippen molar-refractivity contribution < 1.29 is 23.6 Å². The second-order valence-corrected chi connectivity index (χ2v) is 11.4. The van der Waals surface area contributed by atoms with Crippen molar-refractivity contribution in [2.75, 3.05) is 23.6 Å². The summed E-state index contributed by atoms with van der Waals surface area (Å²) in [6.07, 6.45) is 0.924. The maximum absolute atomic E-state index is 13.7. The lowest BCUT2D eigenvalue weighted by atomic mass is 10.0. The molecular formula is C32H26N4O5S. The van der Waals surface area contributed by atoms with Crippen molar-refractivity contribution in [2.24, 2.45) is 0 Å². The zero-order valence-electron chi connectivity index (χ0n) is 23.0. The van der Waals surface area contributed by atoms with Crippen molar-refractivity contribution in [2.45, 2.75) is 26.7 Å². The second-order valence-electron chi connectivity index (χ2n) is 10.2. The smallest absolute Gasteiger partial charge is 0.264 e. The summed E-state index contributed by atoms with van der Waals surface area (Å²) in [4.78, 5) is 34.0. The number of nitrogens with one attached hydrogen (secondary N) is 1. The number of ether oxygens (including phenoxy) is 2. The van der Waals surface area contributed by atoms with E-state index in [1.807, 2.05) is 67.6 Å². The van der Waals surface area contributed by atoms with Gasteiger partial charge in [0.15, 0.2) is 16.6 Å². The Hall–Kier alpha value is -4.96. The van der Waals surface area contributed by atoms with Crippen molar-refractivity contribution in [3.63, 3.8) is 0 Å². The van der Waals surface area contributed by atoms with E-state index in [1.165, 1.54) is 11.3 Å². The lowest BCUT2D eigenvalue weighted by Gasteiger charge is -2.17. The molecule has 0 aliphatic carbocycles. The normalized spacial score (nSPS) is 13.3. The van der Waals surface area contributed by atoms with Crippen LogP contribution in [0.15, 0.2) is 71.3 Å². The highest BCUT2D eigenvalue weighted by molar-refractivity contribution is 7.16. The van der Waals surface area contributed by atoms with Crippen LogP contribution in [0.4, 0.5) is 10.8 Å². The first kappa shape index (κ1) is 26.0. The Bertz CT molecular complexity index is 1850. The lowest BCUT2D eigenvalue weighted by Crippen LogP contribution is -2.29. The summed E-state index contributed by atoms with van der Waals surface area (Å²) in [5.74, 6) is 1.55. The summed E-state index contributed by atoms with van der Waals surface area (Å²) in [5.41, 5.74) is 6.39. The van der Waals surface area contributed by atoms with Gasteiger partial charge in [0.2, 0.25) is 12.7 Å². The van der Waals surface area contributed by atoms with Gasteiger partial charge in [0.1, 0.15) is 17.0 Å². The molecular weight excluding hydrogens is 552 g/mol. The number of carbonyl (C=O) groups excluding carboxylic acids is 2. The highest BCUT2D eigenvalue weighted by Crippen LogP contribution is 2.38. The molecule has 0 radical (unpaired) electrons. The highest BCUT2D eigenvalue weighted by Gasteiger charge is 2.31. The number of aryl methyl sites for hydroxylation is 2. The number of thiazole rings is 1. The predicted octanol–water partition coefficient (Wildman–Crippen LogP) is 6.19. The van der Waals surface area contributed by atoms with Crippen LogP contribution >= 0.6 is 11.3 Å². The van der Waals surface area contributed by atoms with Crippen molar-refractivity contribution in [1.82, 2.24) is 10.1 Å². The summed E-state index contributed by atoms with van der Waals surface area (Å²) in [6.45, 7) is 4.51. The predicted molar refractivity (Wildman–Crippen MR) is 159 cm³/mol. The van der Waals surface area contributed by atoms with Crippen LogP contribution in [0, 0.1) is 13.8 Å². The minimum atomic E-state index is -0.156. The minimum absolute atomic E-state index is 0.128. The molecule has 0 unspecified atom stereocenters. The summed E-state index contributed by atoms with van der Waals surface area (Å²) in [5, 5.41) is 7.66. The van der Waals surface area contributed by atoms with Crippen molar-refractivity contribution in [3.05, 3.63) is 94.1 Å². The Kier molecular flexibility index (Phi) is 6.47. The number of aromatic nitrogens is 2. The largest absolute Gasteiger partial charge is 0.454 e. The number of amides is 2. The molecule has 5 aromatic rings. The third-order valence-corrected chi connectivity index (χ3v) is 8.35. The molecule has 7 rings (SSSR count). The van der Waals surface area contributed by atoms with Crippen molar-refractivity contribution in [1.29, 1.82) is 0 Å². The van der Waals surface area contributed by atoms with E-state index in [1.54, 1.807) is 11.8 Å². The number of hydrogen-bond acceptors (Lipinski definition) is 8. The molecule has 10 heteroatoms. The number of rotatable bonds is 6. The molecule has 0 atom stereocenters. The molecule has 2 aromatic heterocycles. The van der Waals surface area contributed by atoms with E-state index in [0.29, 0.717) is 40.2 Å². The standard InChI is InChI=1S/C32H26N4O5S/c1-18-28(30(35-41-18)21-6-4-3-5-7-21)31(38)36-13-12-22-16-23(9-10-24(22)36)29-19(2)42-32(34-29)33-27(37)15-20-8-11-25-26(14-20)40-17-39-25/h3-11,14,16H,12-13,15,17H2,1-2H3,(H,33,34,37). The molecule has 2 amide bonds. The minimum Gasteiger partial charge on any atom is -0.454 e. The van der Waals surface area contributed by atoms with Crippen LogP contribution < -0.4 is 19.7 Å². The molecule has 0 spiro atoms. The van der Waals surface area contributed by atoms with Gasteiger partial charge in [-0.25, -0.2) is 4.98 Å². The van der Waals surface area contributed by atoms with Gasteiger partial charge in [-0.15, -0.1) is 11.3 Å². The van der Waals surface area contributed by atoms with Gasteiger partial charge in [-0.2, -0.15) is 0 Å². The number of carbonyl (C=O) groups is 2. The van der Waals surface area contributed by atoms with Gasteiger partial charge >= 0.3 is 0 Å². The number of hydrogen-bond donors (Lipinski definition) is 1. The zero-order chi connectivity index (χ0) is 28.8. The molecule has 0 bridgehead atoms. The first-order valence-corrected chi connectivity index (χ1v) is 14.4. The Morgan fingerprint density at radius 2 is 1.79 bits per heavy atom. The molecule has 0 fully saturated rings. The first-order valence-electron chi connectivity index (χ1n) is 13.6. The van der Waals surface area contributed by atoms with Gasteiger partial charge in [0.05, 0.1) is 12.1 Å². The molecule has 0 saturated carbocycles. The lowest BCUT2D eigenvalue weighted by molar-refractivity contribution is -0.115. The number of nitrogens with zero attached hydrogens (tertiary/aromatic N) is 3. The van der Waals surface area contributed by atoms with E-state index in [4.69, 9.17) is 19.0 Å². The number of benzene rings is 3. The highest BCUT2D eigenvalue weighted by atomic mass is 32.1. The van der Waals surface area contributed by atoms with Crippen LogP contribution in [-0.4, -0.2) is 35.3 Å². The summed E-state index contributed by atoms with van der Waals surface area (Å²) >= 11 is 1.44. The maximum Gasteiger partial charge on any atom is 0.264 e.